The van der Waals surface area contributed by atoms with Crippen LogP contribution in [0.1, 0.15) is 9.67 Å². The van der Waals surface area contributed by atoms with Crippen molar-refractivity contribution in [3.8, 4) is 0 Å². The standard InChI is InChI=1S/C12H9ClN2O3S/c13-7-1-3-8(4-2-7)14-12(18)15-9-5-6-19-10(9)11(16)17/h1-6H,(H,16,17)(H2,14,15,18). The molecule has 0 atom stereocenters. The monoisotopic (exact) mass is 296 g/mol. The highest BCUT2D eigenvalue weighted by atomic mass is 35.5. The molecule has 1 heterocycles. The molecule has 2 amide bonds. The van der Waals surface area contributed by atoms with Gasteiger partial charge in [-0.15, -0.1) is 11.3 Å². The molecule has 0 radical (unpaired) electrons. The molecule has 0 bridgehead atoms. The number of carbonyl (C=O) groups excluding carboxylic acids is 1. The second-order valence-corrected chi connectivity index (χ2v) is 4.91. The third kappa shape index (κ3) is 3.46. The number of hydrogen-bond donors (Lipinski definition) is 3. The summed E-state index contributed by atoms with van der Waals surface area (Å²) in [6, 6.07) is 7.61. The molecule has 5 nitrogen and oxygen atoms in total. The molecule has 2 rings (SSSR count). The van der Waals surface area contributed by atoms with Crippen molar-refractivity contribution in [1.29, 1.82) is 0 Å². The number of carboxylic acid groups (broad SMARTS) is 1. The normalized spacial score (nSPS) is 9.95. The number of carbonyl (C=O) groups is 2. The first kappa shape index (κ1) is 13.4. The van der Waals surface area contributed by atoms with Crippen LogP contribution >= 0.6 is 22.9 Å². The van der Waals surface area contributed by atoms with E-state index in [9.17, 15) is 9.59 Å². The third-order valence-corrected chi connectivity index (χ3v) is 3.36. The van der Waals surface area contributed by atoms with Gasteiger partial charge in [-0.3, -0.25) is 0 Å². The summed E-state index contributed by atoms with van der Waals surface area (Å²) in [5, 5.41) is 16.1. The molecular formula is C12H9ClN2O3S. The molecule has 0 saturated heterocycles. The van der Waals surface area contributed by atoms with Gasteiger partial charge in [0.05, 0.1) is 5.69 Å². The van der Waals surface area contributed by atoms with Crippen molar-refractivity contribution in [2.24, 2.45) is 0 Å². The third-order valence-electron chi connectivity index (χ3n) is 2.21. The van der Waals surface area contributed by atoms with Gasteiger partial charge in [-0.25, -0.2) is 9.59 Å². The van der Waals surface area contributed by atoms with Crippen LogP contribution in [0.2, 0.25) is 5.02 Å². The van der Waals surface area contributed by atoms with Crippen LogP contribution < -0.4 is 10.6 Å². The number of aromatic carboxylic acids is 1. The summed E-state index contributed by atoms with van der Waals surface area (Å²) in [4.78, 5) is 22.7. The van der Waals surface area contributed by atoms with Crippen molar-refractivity contribution in [2.45, 2.75) is 0 Å². The maximum Gasteiger partial charge on any atom is 0.348 e. The zero-order chi connectivity index (χ0) is 13.8. The van der Waals surface area contributed by atoms with E-state index in [1.165, 1.54) is 6.07 Å². The van der Waals surface area contributed by atoms with Crippen LogP contribution in [0.15, 0.2) is 35.7 Å². The number of benzene rings is 1. The van der Waals surface area contributed by atoms with E-state index in [0.717, 1.165) is 11.3 Å². The molecule has 0 aliphatic heterocycles. The zero-order valence-electron chi connectivity index (χ0n) is 9.51. The summed E-state index contributed by atoms with van der Waals surface area (Å²) >= 11 is 6.78. The summed E-state index contributed by atoms with van der Waals surface area (Å²) < 4.78 is 0. The highest BCUT2D eigenvalue weighted by Gasteiger charge is 2.13. The van der Waals surface area contributed by atoms with Crippen molar-refractivity contribution in [3.05, 3.63) is 45.6 Å². The Morgan fingerprint density at radius 3 is 2.42 bits per heavy atom. The minimum atomic E-state index is -1.07. The first-order valence-electron chi connectivity index (χ1n) is 5.20. The Kier molecular flexibility index (Phi) is 4.03. The summed E-state index contributed by atoms with van der Waals surface area (Å²) in [7, 11) is 0. The van der Waals surface area contributed by atoms with E-state index in [1.54, 1.807) is 29.6 Å². The molecule has 0 unspecified atom stereocenters. The van der Waals surface area contributed by atoms with Gasteiger partial charge in [-0.1, -0.05) is 11.6 Å². The number of amides is 2. The van der Waals surface area contributed by atoms with Gasteiger partial charge in [-0.2, -0.15) is 0 Å². The average Bonchev–Trinajstić information content (AvgIpc) is 2.80. The number of carboxylic acids is 1. The predicted octanol–water partition coefficient (Wildman–Crippen LogP) is 3.74. The van der Waals surface area contributed by atoms with Gasteiger partial charge in [0, 0.05) is 10.7 Å². The fourth-order valence-corrected chi connectivity index (χ4v) is 2.20. The molecule has 19 heavy (non-hydrogen) atoms. The first-order valence-corrected chi connectivity index (χ1v) is 6.46. The van der Waals surface area contributed by atoms with Crippen LogP contribution in [0.3, 0.4) is 0 Å². The van der Waals surface area contributed by atoms with Crippen LogP contribution in [0.5, 0.6) is 0 Å². The summed E-state index contributed by atoms with van der Waals surface area (Å²) in [6.07, 6.45) is 0. The Balaban J connectivity index is 2.03. The Hall–Kier alpha value is -2.05. The van der Waals surface area contributed by atoms with E-state index in [4.69, 9.17) is 16.7 Å². The molecule has 0 spiro atoms. The average molecular weight is 297 g/mol. The maximum absolute atomic E-state index is 11.7. The summed E-state index contributed by atoms with van der Waals surface area (Å²) in [6.45, 7) is 0. The number of rotatable bonds is 3. The van der Waals surface area contributed by atoms with Gasteiger partial charge in [-0.05, 0) is 35.7 Å². The highest BCUT2D eigenvalue weighted by molar-refractivity contribution is 7.12. The van der Waals surface area contributed by atoms with E-state index in [1.807, 2.05) is 0 Å². The number of thiophene rings is 1. The van der Waals surface area contributed by atoms with Crippen LogP contribution in [0, 0.1) is 0 Å². The molecule has 0 aliphatic rings. The molecule has 7 heteroatoms. The first-order chi connectivity index (χ1) is 9.06. The van der Waals surface area contributed by atoms with Crippen molar-refractivity contribution in [2.75, 3.05) is 10.6 Å². The summed E-state index contributed by atoms with van der Waals surface area (Å²) in [5.74, 6) is -1.07. The second kappa shape index (κ2) is 5.73. The lowest BCUT2D eigenvalue weighted by atomic mass is 10.3. The number of anilines is 2. The molecule has 1 aromatic carbocycles. The highest BCUT2D eigenvalue weighted by Crippen LogP contribution is 2.22. The van der Waals surface area contributed by atoms with Crippen molar-refractivity contribution < 1.29 is 14.7 Å². The largest absolute Gasteiger partial charge is 0.477 e. The number of urea groups is 1. The lowest BCUT2D eigenvalue weighted by Crippen LogP contribution is -2.20. The molecule has 3 N–H and O–H groups in total. The smallest absolute Gasteiger partial charge is 0.348 e. The van der Waals surface area contributed by atoms with E-state index >= 15 is 0 Å². The lowest BCUT2D eigenvalue weighted by molar-refractivity contribution is 0.0703. The van der Waals surface area contributed by atoms with Gasteiger partial charge < -0.3 is 15.7 Å². The van der Waals surface area contributed by atoms with Gasteiger partial charge in [0.2, 0.25) is 0 Å². The Labute approximate surface area is 117 Å². The number of nitrogens with one attached hydrogen (secondary N) is 2. The molecular weight excluding hydrogens is 288 g/mol. The second-order valence-electron chi connectivity index (χ2n) is 3.55. The molecule has 98 valence electrons. The minimum absolute atomic E-state index is 0.0891. The SMILES string of the molecule is O=C(Nc1ccc(Cl)cc1)Nc1ccsc1C(=O)O. The fraction of sp³-hybridized carbons (Fsp3) is 0. The molecule has 0 aliphatic carbocycles. The molecule has 0 fully saturated rings. The minimum Gasteiger partial charge on any atom is -0.477 e. The van der Waals surface area contributed by atoms with Crippen LogP contribution in [-0.2, 0) is 0 Å². The maximum atomic E-state index is 11.7. The van der Waals surface area contributed by atoms with Gasteiger partial charge >= 0.3 is 12.0 Å². The fourth-order valence-electron chi connectivity index (χ4n) is 1.39. The Morgan fingerprint density at radius 2 is 1.79 bits per heavy atom. The Bertz CT molecular complexity index is 610. The number of hydrogen-bond acceptors (Lipinski definition) is 3. The van der Waals surface area contributed by atoms with Gasteiger partial charge in [0.15, 0.2) is 0 Å². The van der Waals surface area contributed by atoms with Crippen molar-refractivity contribution in [1.82, 2.24) is 0 Å². The van der Waals surface area contributed by atoms with Crippen LogP contribution in [0.4, 0.5) is 16.2 Å². The van der Waals surface area contributed by atoms with Crippen LogP contribution in [-0.4, -0.2) is 17.1 Å². The van der Waals surface area contributed by atoms with E-state index in [2.05, 4.69) is 10.6 Å². The molecule has 0 saturated carbocycles. The van der Waals surface area contributed by atoms with E-state index in [-0.39, 0.29) is 10.6 Å². The number of halogens is 1. The van der Waals surface area contributed by atoms with Gasteiger partial charge in [0.1, 0.15) is 4.88 Å². The van der Waals surface area contributed by atoms with E-state index in [0.29, 0.717) is 10.7 Å². The van der Waals surface area contributed by atoms with E-state index < -0.39 is 12.0 Å². The summed E-state index contributed by atoms with van der Waals surface area (Å²) in [5.41, 5.74) is 0.831. The quantitative estimate of drug-likeness (QED) is 0.807. The van der Waals surface area contributed by atoms with Crippen LogP contribution in [0.25, 0.3) is 0 Å². The topological polar surface area (TPSA) is 78.4 Å². The lowest BCUT2D eigenvalue weighted by Gasteiger charge is -2.07. The van der Waals surface area contributed by atoms with Crippen molar-refractivity contribution in [3.63, 3.8) is 0 Å². The Morgan fingerprint density at radius 1 is 1.11 bits per heavy atom. The molecule has 1 aromatic heterocycles. The molecule has 2 aromatic rings. The van der Waals surface area contributed by atoms with Gasteiger partial charge in [0.25, 0.3) is 0 Å². The zero-order valence-corrected chi connectivity index (χ0v) is 11.1. The predicted molar refractivity (Wildman–Crippen MR) is 75.4 cm³/mol. The van der Waals surface area contributed by atoms with Crippen molar-refractivity contribution >= 4 is 46.3 Å².